The monoisotopic (exact) mass is 415 g/mol. The number of nitrogens with one attached hydrogen (secondary N) is 2. The zero-order valence-electron chi connectivity index (χ0n) is 17.0. The standard InChI is InChI=1S/C25H25N3OS/c1-25(20-4-2-3-5-20,23(29)28-24-27-14-15-30-24)21-9-6-17(7-10-21)18-8-11-22-19(16-18)12-13-26-22/h6-16,20,26H,2-5H2,1H3,(H,27,28,29). The van der Waals surface area contributed by atoms with Gasteiger partial charge in [-0.2, -0.15) is 0 Å². The Labute approximate surface area is 180 Å². The van der Waals surface area contributed by atoms with Crippen LogP contribution in [0.25, 0.3) is 22.0 Å². The van der Waals surface area contributed by atoms with Crippen molar-refractivity contribution in [3.63, 3.8) is 0 Å². The Balaban J connectivity index is 1.48. The Hall–Kier alpha value is -2.92. The van der Waals surface area contributed by atoms with E-state index in [1.807, 2.05) is 11.6 Å². The van der Waals surface area contributed by atoms with Crippen LogP contribution >= 0.6 is 11.3 Å². The highest BCUT2D eigenvalue weighted by Crippen LogP contribution is 2.43. The Kier molecular flexibility index (Phi) is 4.91. The van der Waals surface area contributed by atoms with Gasteiger partial charge in [0.25, 0.3) is 0 Å². The summed E-state index contributed by atoms with van der Waals surface area (Å²) in [5.41, 5.74) is 4.00. The average Bonchev–Trinajstić information content (AvgIpc) is 3.55. The van der Waals surface area contributed by atoms with E-state index >= 15 is 0 Å². The summed E-state index contributed by atoms with van der Waals surface area (Å²) >= 11 is 1.46. The third kappa shape index (κ3) is 3.33. The highest BCUT2D eigenvalue weighted by atomic mass is 32.1. The van der Waals surface area contributed by atoms with Crippen molar-refractivity contribution < 1.29 is 4.79 Å². The lowest BCUT2D eigenvalue weighted by Crippen LogP contribution is -2.43. The second-order valence-electron chi connectivity index (χ2n) is 8.33. The first kappa shape index (κ1) is 19.1. The van der Waals surface area contributed by atoms with Gasteiger partial charge in [0.15, 0.2) is 5.13 Å². The fraction of sp³-hybridized carbons (Fsp3) is 0.280. The minimum atomic E-state index is -0.564. The molecule has 0 saturated heterocycles. The lowest BCUT2D eigenvalue weighted by atomic mass is 9.70. The van der Waals surface area contributed by atoms with Crippen molar-refractivity contribution in [1.29, 1.82) is 0 Å². The minimum absolute atomic E-state index is 0.0471. The molecule has 2 heterocycles. The molecule has 30 heavy (non-hydrogen) atoms. The molecule has 1 aliphatic carbocycles. The van der Waals surface area contributed by atoms with Crippen LogP contribution in [0, 0.1) is 5.92 Å². The smallest absolute Gasteiger partial charge is 0.236 e. The fourth-order valence-electron chi connectivity index (χ4n) is 4.81. The molecule has 5 rings (SSSR count). The van der Waals surface area contributed by atoms with Crippen LogP contribution in [0.1, 0.15) is 38.2 Å². The van der Waals surface area contributed by atoms with Crippen molar-refractivity contribution in [3.05, 3.63) is 71.9 Å². The van der Waals surface area contributed by atoms with E-state index in [0.29, 0.717) is 11.0 Å². The Bertz CT molecular complexity index is 1160. The first-order valence-corrected chi connectivity index (χ1v) is 11.4. The number of nitrogens with zero attached hydrogens (tertiary/aromatic N) is 1. The SMILES string of the molecule is CC(C(=O)Nc1nccs1)(c1ccc(-c2ccc3[nH]ccc3c2)cc1)C1CCCC1. The van der Waals surface area contributed by atoms with Crippen molar-refractivity contribution in [2.24, 2.45) is 5.92 Å². The van der Waals surface area contributed by atoms with Gasteiger partial charge in [-0.05, 0) is 66.0 Å². The first-order valence-electron chi connectivity index (χ1n) is 10.5. The molecule has 1 fully saturated rings. The van der Waals surface area contributed by atoms with Gasteiger partial charge in [-0.3, -0.25) is 4.79 Å². The first-order chi connectivity index (χ1) is 14.6. The maximum atomic E-state index is 13.4. The molecule has 1 amide bonds. The van der Waals surface area contributed by atoms with E-state index in [9.17, 15) is 4.79 Å². The maximum Gasteiger partial charge on any atom is 0.236 e. The van der Waals surface area contributed by atoms with Crippen LogP contribution in [-0.2, 0) is 10.2 Å². The van der Waals surface area contributed by atoms with Crippen LogP contribution < -0.4 is 5.32 Å². The molecule has 2 aromatic carbocycles. The van der Waals surface area contributed by atoms with E-state index in [4.69, 9.17) is 0 Å². The maximum absolute atomic E-state index is 13.4. The number of carbonyl (C=O) groups is 1. The molecule has 2 N–H and O–H groups in total. The number of amides is 1. The molecular weight excluding hydrogens is 390 g/mol. The largest absolute Gasteiger partial charge is 0.361 e. The molecule has 0 bridgehead atoms. The van der Waals surface area contributed by atoms with Gasteiger partial charge >= 0.3 is 0 Å². The van der Waals surface area contributed by atoms with Crippen molar-refractivity contribution in [3.8, 4) is 11.1 Å². The Morgan fingerprint density at radius 3 is 2.60 bits per heavy atom. The topological polar surface area (TPSA) is 57.8 Å². The zero-order chi connectivity index (χ0) is 20.6. The number of benzene rings is 2. The molecular formula is C25H25N3OS. The Morgan fingerprint density at radius 2 is 1.87 bits per heavy atom. The van der Waals surface area contributed by atoms with Gasteiger partial charge in [0, 0.05) is 23.3 Å². The van der Waals surface area contributed by atoms with E-state index in [1.165, 1.54) is 35.1 Å². The fourth-order valence-corrected chi connectivity index (χ4v) is 5.33. The molecule has 4 aromatic rings. The summed E-state index contributed by atoms with van der Waals surface area (Å²) in [6.07, 6.45) is 8.26. The number of hydrogen-bond donors (Lipinski definition) is 2. The number of fused-ring (bicyclic) bond motifs is 1. The van der Waals surface area contributed by atoms with E-state index in [0.717, 1.165) is 29.5 Å². The van der Waals surface area contributed by atoms with Crippen molar-refractivity contribution in [2.45, 2.75) is 38.0 Å². The van der Waals surface area contributed by atoms with Gasteiger partial charge in [0.1, 0.15) is 0 Å². The molecule has 5 heteroatoms. The molecule has 1 atom stereocenters. The number of hydrogen-bond acceptors (Lipinski definition) is 3. The van der Waals surface area contributed by atoms with Crippen molar-refractivity contribution >= 4 is 33.3 Å². The normalized spacial score (nSPS) is 16.6. The molecule has 1 saturated carbocycles. The summed E-state index contributed by atoms with van der Waals surface area (Å²) in [7, 11) is 0. The number of aromatic nitrogens is 2. The van der Waals surface area contributed by atoms with Gasteiger partial charge in [0.05, 0.1) is 5.41 Å². The molecule has 0 spiro atoms. The number of rotatable bonds is 5. The number of H-pyrrole nitrogens is 1. The minimum Gasteiger partial charge on any atom is -0.361 e. The lowest BCUT2D eigenvalue weighted by molar-refractivity contribution is -0.122. The van der Waals surface area contributed by atoms with Crippen LogP contribution in [0.4, 0.5) is 5.13 Å². The van der Waals surface area contributed by atoms with E-state index in [1.54, 1.807) is 6.20 Å². The van der Waals surface area contributed by atoms with Crippen LogP contribution in [0.2, 0.25) is 0 Å². The van der Waals surface area contributed by atoms with Crippen LogP contribution in [0.3, 0.4) is 0 Å². The van der Waals surface area contributed by atoms with Gasteiger partial charge in [-0.25, -0.2) is 4.98 Å². The summed E-state index contributed by atoms with van der Waals surface area (Å²) in [5.74, 6) is 0.394. The molecule has 1 unspecified atom stereocenters. The summed E-state index contributed by atoms with van der Waals surface area (Å²) in [6.45, 7) is 2.10. The summed E-state index contributed by atoms with van der Waals surface area (Å²) < 4.78 is 0. The molecule has 1 aliphatic rings. The van der Waals surface area contributed by atoms with Crippen molar-refractivity contribution in [2.75, 3.05) is 5.32 Å². The molecule has 2 aromatic heterocycles. The van der Waals surface area contributed by atoms with Gasteiger partial charge in [-0.1, -0.05) is 43.2 Å². The van der Waals surface area contributed by atoms with Crippen LogP contribution in [0.15, 0.2) is 66.3 Å². The molecule has 0 aliphatic heterocycles. The van der Waals surface area contributed by atoms with Gasteiger partial charge in [0.2, 0.25) is 5.91 Å². The molecule has 152 valence electrons. The molecule has 4 nitrogen and oxygen atoms in total. The zero-order valence-corrected chi connectivity index (χ0v) is 17.8. The summed E-state index contributed by atoms with van der Waals surface area (Å²) in [5, 5.41) is 6.83. The summed E-state index contributed by atoms with van der Waals surface area (Å²) in [4.78, 5) is 20.9. The number of carbonyl (C=O) groups excluding carboxylic acids is 1. The van der Waals surface area contributed by atoms with E-state index in [-0.39, 0.29) is 5.91 Å². The van der Waals surface area contributed by atoms with Crippen LogP contribution in [0.5, 0.6) is 0 Å². The number of thiazole rings is 1. The number of anilines is 1. The van der Waals surface area contributed by atoms with Gasteiger partial charge < -0.3 is 10.3 Å². The van der Waals surface area contributed by atoms with E-state index in [2.05, 4.69) is 70.7 Å². The second-order valence-corrected chi connectivity index (χ2v) is 9.23. The predicted molar refractivity (Wildman–Crippen MR) is 124 cm³/mol. The van der Waals surface area contributed by atoms with E-state index < -0.39 is 5.41 Å². The highest BCUT2D eigenvalue weighted by Gasteiger charge is 2.44. The van der Waals surface area contributed by atoms with Crippen molar-refractivity contribution in [1.82, 2.24) is 9.97 Å². The quantitative estimate of drug-likeness (QED) is 0.397. The lowest BCUT2D eigenvalue weighted by Gasteiger charge is -2.34. The van der Waals surface area contributed by atoms with Gasteiger partial charge in [-0.15, -0.1) is 11.3 Å². The average molecular weight is 416 g/mol. The van der Waals surface area contributed by atoms with Crippen LogP contribution in [-0.4, -0.2) is 15.9 Å². The highest BCUT2D eigenvalue weighted by molar-refractivity contribution is 7.13. The summed E-state index contributed by atoms with van der Waals surface area (Å²) in [6, 6.07) is 17.1. The number of aromatic amines is 1. The third-order valence-electron chi connectivity index (χ3n) is 6.67. The molecule has 0 radical (unpaired) electrons. The Morgan fingerprint density at radius 1 is 1.10 bits per heavy atom. The third-order valence-corrected chi connectivity index (χ3v) is 7.36. The predicted octanol–water partition coefficient (Wildman–Crippen LogP) is 6.38. The second kappa shape index (κ2) is 7.73.